The van der Waals surface area contributed by atoms with Gasteiger partial charge in [0.25, 0.3) is 0 Å². The van der Waals surface area contributed by atoms with Gasteiger partial charge in [0.15, 0.2) is 5.82 Å². The number of anilines is 1. The number of nitrogens with one attached hydrogen (secondary N) is 1. The number of aryl methyl sites for hydroxylation is 1. The van der Waals surface area contributed by atoms with E-state index in [1.54, 1.807) is 10.9 Å². The van der Waals surface area contributed by atoms with Gasteiger partial charge in [-0.05, 0) is 6.07 Å². The fourth-order valence-corrected chi connectivity index (χ4v) is 2.28. The molecule has 0 amide bonds. The fraction of sp³-hybridized carbons (Fsp3) is 0.0769. The van der Waals surface area contributed by atoms with Crippen LogP contribution < -0.4 is 5.73 Å². The topological polar surface area (TPSA) is 72.5 Å². The van der Waals surface area contributed by atoms with E-state index in [1.807, 2.05) is 37.5 Å². The summed E-state index contributed by atoms with van der Waals surface area (Å²) in [5.74, 6) is 0.423. The minimum atomic E-state index is 0.423. The van der Waals surface area contributed by atoms with E-state index in [4.69, 9.17) is 17.3 Å². The molecule has 0 bridgehead atoms. The van der Waals surface area contributed by atoms with Crippen LogP contribution in [-0.2, 0) is 7.05 Å². The van der Waals surface area contributed by atoms with Crippen LogP contribution in [-0.4, -0.2) is 20.0 Å². The Labute approximate surface area is 115 Å². The summed E-state index contributed by atoms with van der Waals surface area (Å²) in [5.41, 5.74) is 9.35. The standard InChI is InChI=1S/C13H12ClN5/c1-19-7-8(6-16-19)12-11(13(15)18-17-12)9-4-2-3-5-10(9)14/h2-7H,1H3,(H3,15,17,18). The zero-order valence-electron chi connectivity index (χ0n) is 10.3. The van der Waals surface area contributed by atoms with Gasteiger partial charge in [0.1, 0.15) is 0 Å². The van der Waals surface area contributed by atoms with E-state index in [2.05, 4.69) is 15.3 Å². The molecule has 0 fully saturated rings. The highest BCUT2D eigenvalue weighted by Gasteiger charge is 2.17. The second-order valence-corrected chi connectivity index (χ2v) is 4.65. The molecule has 96 valence electrons. The molecule has 0 radical (unpaired) electrons. The summed E-state index contributed by atoms with van der Waals surface area (Å²) in [6.45, 7) is 0. The van der Waals surface area contributed by atoms with E-state index in [0.717, 1.165) is 22.4 Å². The number of aromatic nitrogens is 4. The largest absolute Gasteiger partial charge is 0.382 e. The highest BCUT2D eigenvalue weighted by atomic mass is 35.5. The fourth-order valence-electron chi connectivity index (χ4n) is 2.05. The summed E-state index contributed by atoms with van der Waals surface area (Å²) in [6, 6.07) is 7.55. The number of nitrogens with zero attached hydrogens (tertiary/aromatic N) is 3. The van der Waals surface area contributed by atoms with Crippen LogP contribution in [0.2, 0.25) is 5.02 Å². The molecular weight excluding hydrogens is 262 g/mol. The van der Waals surface area contributed by atoms with Gasteiger partial charge in [-0.25, -0.2) is 0 Å². The molecule has 3 N–H and O–H groups in total. The van der Waals surface area contributed by atoms with Crippen molar-refractivity contribution in [2.45, 2.75) is 0 Å². The third-order valence-corrected chi connectivity index (χ3v) is 3.26. The third-order valence-electron chi connectivity index (χ3n) is 2.93. The van der Waals surface area contributed by atoms with E-state index in [-0.39, 0.29) is 0 Å². The number of benzene rings is 1. The molecule has 0 unspecified atom stereocenters. The van der Waals surface area contributed by atoms with Crippen LogP contribution in [0.5, 0.6) is 0 Å². The molecule has 2 aromatic heterocycles. The van der Waals surface area contributed by atoms with Gasteiger partial charge in [-0.2, -0.15) is 10.2 Å². The predicted octanol–water partition coefficient (Wildman–Crippen LogP) is 2.71. The number of hydrogen-bond donors (Lipinski definition) is 2. The molecule has 0 aliphatic carbocycles. The van der Waals surface area contributed by atoms with Crippen LogP contribution in [0.3, 0.4) is 0 Å². The summed E-state index contributed by atoms with van der Waals surface area (Å²) in [6.07, 6.45) is 3.65. The maximum Gasteiger partial charge on any atom is 0.153 e. The monoisotopic (exact) mass is 273 g/mol. The van der Waals surface area contributed by atoms with Crippen LogP contribution in [0, 0.1) is 0 Å². The molecule has 0 atom stereocenters. The van der Waals surface area contributed by atoms with Crippen molar-refractivity contribution >= 4 is 17.4 Å². The maximum absolute atomic E-state index is 6.23. The molecule has 0 aliphatic heterocycles. The Kier molecular flexibility index (Phi) is 2.76. The Balaban J connectivity index is 2.22. The first kappa shape index (κ1) is 11.8. The lowest BCUT2D eigenvalue weighted by molar-refractivity contribution is 0.768. The second-order valence-electron chi connectivity index (χ2n) is 4.24. The van der Waals surface area contributed by atoms with Crippen LogP contribution in [0.25, 0.3) is 22.4 Å². The summed E-state index contributed by atoms with van der Waals surface area (Å²) < 4.78 is 1.72. The van der Waals surface area contributed by atoms with E-state index >= 15 is 0 Å². The van der Waals surface area contributed by atoms with Gasteiger partial charge in [-0.15, -0.1) is 0 Å². The molecule has 0 saturated heterocycles. The zero-order valence-corrected chi connectivity index (χ0v) is 11.0. The van der Waals surface area contributed by atoms with Crippen LogP contribution in [0.15, 0.2) is 36.7 Å². The average Bonchev–Trinajstić information content (AvgIpc) is 2.96. The zero-order chi connectivity index (χ0) is 13.4. The van der Waals surface area contributed by atoms with Gasteiger partial charge in [-0.1, -0.05) is 29.8 Å². The Morgan fingerprint density at radius 2 is 2.11 bits per heavy atom. The highest BCUT2D eigenvalue weighted by Crippen LogP contribution is 2.37. The van der Waals surface area contributed by atoms with Gasteiger partial charge in [0, 0.05) is 29.4 Å². The van der Waals surface area contributed by atoms with Crippen molar-refractivity contribution in [1.82, 2.24) is 20.0 Å². The molecule has 0 aliphatic rings. The second kappa shape index (κ2) is 4.44. The van der Waals surface area contributed by atoms with Crippen LogP contribution in [0.4, 0.5) is 5.82 Å². The summed E-state index contributed by atoms with van der Waals surface area (Å²) in [5, 5.41) is 11.8. The van der Waals surface area contributed by atoms with Gasteiger partial charge < -0.3 is 5.73 Å². The highest BCUT2D eigenvalue weighted by molar-refractivity contribution is 6.33. The van der Waals surface area contributed by atoms with Crippen molar-refractivity contribution in [3.05, 3.63) is 41.7 Å². The number of nitrogens with two attached hydrogens (primary N) is 1. The van der Waals surface area contributed by atoms with Crippen LogP contribution >= 0.6 is 11.6 Å². The first-order valence-corrected chi connectivity index (χ1v) is 6.12. The number of aromatic amines is 1. The van der Waals surface area contributed by atoms with E-state index in [0.29, 0.717) is 10.8 Å². The average molecular weight is 274 g/mol. The summed E-state index contributed by atoms with van der Waals surface area (Å²) >= 11 is 6.23. The number of H-pyrrole nitrogens is 1. The molecule has 6 heteroatoms. The van der Waals surface area contributed by atoms with Crippen molar-refractivity contribution in [3.63, 3.8) is 0 Å². The van der Waals surface area contributed by atoms with Crippen molar-refractivity contribution in [2.24, 2.45) is 7.05 Å². The molecule has 3 aromatic rings. The van der Waals surface area contributed by atoms with E-state index in [1.165, 1.54) is 0 Å². The predicted molar refractivity (Wildman–Crippen MR) is 75.6 cm³/mol. The lowest BCUT2D eigenvalue weighted by atomic mass is 10.0. The number of rotatable bonds is 2. The SMILES string of the molecule is Cn1cc(-c2[nH]nc(N)c2-c2ccccc2Cl)cn1. The number of hydrogen-bond acceptors (Lipinski definition) is 3. The summed E-state index contributed by atoms with van der Waals surface area (Å²) in [7, 11) is 1.86. The smallest absolute Gasteiger partial charge is 0.153 e. The van der Waals surface area contributed by atoms with Gasteiger partial charge in [0.05, 0.1) is 17.5 Å². The van der Waals surface area contributed by atoms with Crippen molar-refractivity contribution in [2.75, 3.05) is 5.73 Å². The molecule has 1 aromatic carbocycles. The Morgan fingerprint density at radius 1 is 1.32 bits per heavy atom. The molecule has 0 spiro atoms. The third kappa shape index (κ3) is 1.98. The number of halogens is 1. The van der Waals surface area contributed by atoms with Crippen LogP contribution in [0.1, 0.15) is 0 Å². The first-order chi connectivity index (χ1) is 9.16. The minimum Gasteiger partial charge on any atom is -0.382 e. The lowest BCUT2D eigenvalue weighted by Gasteiger charge is -2.05. The maximum atomic E-state index is 6.23. The van der Waals surface area contributed by atoms with Crippen molar-refractivity contribution in [3.8, 4) is 22.4 Å². The van der Waals surface area contributed by atoms with Gasteiger partial charge in [0.2, 0.25) is 0 Å². The number of nitrogen functional groups attached to an aromatic ring is 1. The minimum absolute atomic E-state index is 0.423. The Hall–Kier alpha value is -2.27. The lowest BCUT2D eigenvalue weighted by Crippen LogP contribution is -1.89. The van der Waals surface area contributed by atoms with E-state index < -0.39 is 0 Å². The molecule has 2 heterocycles. The molecular formula is C13H12ClN5. The molecule has 0 saturated carbocycles. The first-order valence-electron chi connectivity index (χ1n) is 5.74. The van der Waals surface area contributed by atoms with Crippen molar-refractivity contribution < 1.29 is 0 Å². The Morgan fingerprint density at radius 3 is 2.79 bits per heavy atom. The molecule has 3 rings (SSSR count). The van der Waals surface area contributed by atoms with Gasteiger partial charge in [-0.3, -0.25) is 9.78 Å². The molecule has 5 nitrogen and oxygen atoms in total. The summed E-state index contributed by atoms with van der Waals surface area (Å²) in [4.78, 5) is 0. The van der Waals surface area contributed by atoms with E-state index in [9.17, 15) is 0 Å². The van der Waals surface area contributed by atoms with Gasteiger partial charge >= 0.3 is 0 Å². The Bertz CT molecular complexity index is 728. The normalized spacial score (nSPS) is 10.8. The quantitative estimate of drug-likeness (QED) is 0.754. The molecule has 19 heavy (non-hydrogen) atoms. The van der Waals surface area contributed by atoms with Crippen molar-refractivity contribution in [1.29, 1.82) is 0 Å².